The Morgan fingerprint density at radius 1 is 1.22 bits per heavy atom. The number of para-hydroxylation sites is 1. The van der Waals surface area contributed by atoms with Crippen LogP contribution < -0.4 is 4.74 Å². The predicted octanol–water partition coefficient (Wildman–Crippen LogP) is 2.14. The van der Waals surface area contributed by atoms with E-state index in [1.807, 2.05) is 37.3 Å². The molecule has 18 heavy (non-hydrogen) atoms. The molecule has 0 aliphatic rings. The molecular formula is C14H17NO3. The van der Waals surface area contributed by atoms with E-state index < -0.39 is 0 Å². The average molecular weight is 247 g/mol. The largest absolute Gasteiger partial charge is 0.493 e. The number of hydrogen-bond donors (Lipinski definition) is 1. The van der Waals surface area contributed by atoms with Crippen LogP contribution in [0.2, 0.25) is 0 Å². The molecular weight excluding hydrogens is 230 g/mol. The molecule has 1 N–H and O–H groups in total. The van der Waals surface area contributed by atoms with Crippen molar-refractivity contribution >= 4 is 0 Å². The van der Waals surface area contributed by atoms with E-state index in [1.165, 1.54) is 0 Å². The van der Waals surface area contributed by atoms with Crippen molar-refractivity contribution in [3.63, 3.8) is 0 Å². The lowest BCUT2D eigenvalue weighted by Gasteiger charge is -2.03. The Labute approximate surface area is 106 Å². The van der Waals surface area contributed by atoms with Crippen molar-refractivity contribution in [1.82, 2.24) is 4.98 Å². The summed E-state index contributed by atoms with van der Waals surface area (Å²) in [5, 5.41) is 8.87. The molecule has 0 fully saturated rings. The highest BCUT2D eigenvalue weighted by Gasteiger charge is 2.08. The molecule has 1 aromatic heterocycles. The van der Waals surface area contributed by atoms with Gasteiger partial charge in [0, 0.05) is 13.0 Å². The van der Waals surface area contributed by atoms with Crippen LogP contribution in [0.5, 0.6) is 5.75 Å². The Balaban J connectivity index is 1.85. The van der Waals surface area contributed by atoms with Gasteiger partial charge in [-0.1, -0.05) is 18.2 Å². The minimum Gasteiger partial charge on any atom is -0.493 e. The summed E-state index contributed by atoms with van der Waals surface area (Å²) in [6.07, 6.45) is 1.16. The summed E-state index contributed by atoms with van der Waals surface area (Å²) in [7, 11) is 0. The highest BCUT2D eigenvalue weighted by atomic mass is 16.5. The topological polar surface area (TPSA) is 55.5 Å². The molecule has 0 amide bonds. The maximum atomic E-state index is 8.87. The van der Waals surface area contributed by atoms with E-state index in [9.17, 15) is 0 Å². The van der Waals surface area contributed by atoms with Crippen LogP contribution in [-0.2, 0) is 12.8 Å². The van der Waals surface area contributed by atoms with Gasteiger partial charge in [0.15, 0.2) is 5.89 Å². The second-order valence-electron chi connectivity index (χ2n) is 4.00. The smallest absolute Gasteiger partial charge is 0.198 e. The summed E-state index contributed by atoms with van der Waals surface area (Å²) in [6, 6.07) is 9.65. The molecule has 1 aromatic carbocycles. The van der Waals surface area contributed by atoms with Crippen LogP contribution in [0.25, 0.3) is 0 Å². The standard InChI is InChI=1S/C14H17NO3/c1-11-13(7-9-16)15-14(18-11)8-10-17-12-5-3-2-4-6-12/h2-6,16H,7-10H2,1H3. The molecule has 0 radical (unpaired) electrons. The summed E-state index contributed by atoms with van der Waals surface area (Å²) in [6.45, 7) is 2.48. The Bertz CT molecular complexity index is 479. The molecule has 96 valence electrons. The summed E-state index contributed by atoms with van der Waals surface area (Å²) < 4.78 is 11.1. The Kier molecular flexibility index (Phi) is 4.36. The first-order valence-electron chi connectivity index (χ1n) is 6.03. The van der Waals surface area contributed by atoms with Crippen LogP contribution in [0.15, 0.2) is 34.7 Å². The number of aryl methyl sites for hydroxylation is 1. The fraction of sp³-hybridized carbons (Fsp3) is 0.357. The van der Waals surface area contributed by atoms with Crippen molar-refractivity contribution in [2.24, 2.45) is 0 Å². The zero-order valence-electron chi connectivity index (χ0n) is 10.4. The number of oxazole rings is 1. The van der Waals surface area contributed by atoms with Crippen LogP contribution in [0.1, 0.15) is 17.3 Å². The molecule has 0 aliphatic heterocycles. The van der Waals surface area contributed by atoms with Crippen LogP contribution in [0.4, 0.5) is 0 Å². The van der Waals surface area contributed by atoms with E-state index in [0.29, 0.717) is 25.3 Å². The van der Waals surface area contributed by atoms with E-state index in [0.717, 1.165) is 17.2 Å². The van der Waals surface area contributed by atoms with E-state index in [2.05, 4.69) is 4.98 Å². The van der Waals surface area contributed by atoms with Crippen LogP contribution in [-0.4, -0.2) is 23.3 Å². The average Bonchev–Trinajstić information content (AvgIpc) is 2.72. The van der Waals surface area contributed by atoms with Gasteiger partial charge in [-0.2, -0.15) is 0 Å². The first-order chi connectivity index (χ1) is 8.79. The SMILES string of the molecule is Cc1oc(CCOc2ccccc2)nc1CCO. The number of aliphatic hydroxyl groups excluding tert-OH is 1. The van der Waals surface area contributed by atoms with Gasteiger partial charge in [0.1, 0.15) is 11.5 Å². The van der Waals surface area contributed by atoms with Gasteiger partial charge in [0.05, 0.1) is 18.7 Å². The van der Waals surface area contributed by atoms with Gasteiger partial charge >= 0.3 is 0 Å². The van der Waals surface area contributed by atoms with E-state index in [-0.39, 0.29) is 6.61 Å². The predicted molar refractivity (Wildman–Crippen MR) is 67.7 cm³/mol. The zero-order valence-corrected chi connectivity index (χ0v) is 10.4. The van der Waals surface area contributed by atoms with Gasteiger partial charge < -0.3 is 14.3 Å². The zero-order chi connectivity index (χ0) is 12.8. The second-order valence-corrected chi connectivity index (χ2v) is 4.00. The molecule has 0 aliphatic carbocycles. The minimum atomic E-state index is 0.0906. The van der Waals surface area contributed by atoms with Crippen molar-refractivity contribution in [3.8, 4) is 5.75 Å². The molecule has 1 heterocycles. The van der Waals surface area contributed by atoms with Crippen LogP contribution >= 0.6 is 0 Å². The molecule has 0 spiro atoms. The highest BCUT2D eigenvalue weighted by molar-refractivity contribution is 5.20. The van der Waals surface area contributed by atoms with E-state index >= 15 is 0 Å². The lowest BCUT2D eigenvalue weighted by Crippen LogP contribution is -2.01. The van der Waals surface area contributed by atoms with Gasteiger partial charge in [-0.3, -0.25) is 0 Å². The summed E-state index contributed by atoms with van der Waals surface area (Å²) >= 11 is 0. The summed E-state index contributed by atoms with van der Waals surface area (Å²) in [4.78, 5) is 4.32. The quantitative estimate of drug-likeness (QED) is 0.849. The number of benzene rings is 1. The Morgan fingerprint density at radius 3 is 2.72 bits per heavy atom. The number of rotatable bonds is 6. The van der Waals surface area contributed by atoms with Crippen molar-refractivity contribution in [1.29, 1.82) is 0 Å². The molecule has 4 nitrogen and oxygen atoms in total. The normalized spacial score (nSPS) is 10.6. The highest BCUT2D eigenvalue weighted by Crippen LogP contribution is 2.12. The molecule has 0 atom stereocenters. The van der Waals surface area contributed by atoms with Gasteiger partial charge in [-0.15, -0.1) is 0 Å². The molecule has 4 heteroatoms. The number of aliphatic hydroxyl groups is 1. The molecule has 0 saturated carbocycles. The van der Waals surface area contributed by atoms with Gasteiger partial charge in [0.25, 0.3) is 0 Å². The number of aromatic nitrogens is 1. The molecule has 0 unspecified atom stereocenters. The number of nitrogens with zero attached hydrogens (tertiary/aromatic N) is 1. The number of hydrogen-bond acceptors (Lipinski definition) is 4. The third-order valence-corrected chi connectivity index (χ3v) is 2.61. The lowest BCUT2D eigenvalue weighted by molar-refractivity contribution is 0.297. The Morgan fingerprint density at radius 2 is 2.00 bits per heavy atom. The maximum Gasteiger partial charge on any atom is 0.198 e. The van der Waals surface area contributed by atoms with E-state index in [1.54, 1.807) is 0 Å². The van der Waals surface area contributed by atoms with Crippen LogP contribution in [0, 0.1) is 6.92 Å². The minimum absolute atomic E-state index is 0.0906. The lowest BCUT2D eigenvalue weighted by atomic mass is 10.3. The fourth-order valence-electron chi connectivity index (χ4n) is 1.71. The van der Waals surface area contributed by atoms with Crippen LogP contribution in [0.3, 0.4) is 0 Å². The van der Waals surface area contributed by atoms with Crippen molar-refractivity contribution in [3.05, 3.63) is 47.7 Å². The van der Waals surface area contributed by atoms with Gasteiger partial charge in [-0.05, 0) is 19.1 Å². The van der Waals surface area contributed by atoms with Crippen molar-refractivity contribution in [2.75, 3.05) is 13.2 Å². The fourth-order valence-corrected chi connectivity index (χ4v) is 1.71. The molecule has 2 aromatic rings. The van der Waals surface area contributed by atoms with Gasteiger partial charge in [-0.25, -0.2) is 4.98 Å². The second kappa shape index (κ2) is 6.21. The Hall–Kier alpha value is -1.81. The first-order valence-corrected chi connectivity index (χ1v) is 6.03. The third kappa shape index (κ3) is 3.34. The monoisotopic (exact) mass is 247 g/mol. The molecule has 0 bridgehead atoms. The first kappa shape index (κ1) is 12.6. The maximum absolute atomic E-state index is 8.87. The van der Waals surface area contributed by atoms with E-state index in [4.69, 9.17) is 14.3 Å². The van der Waals surface area contributed by atoms with Crippen molar-refractivity contribution in [2.45, 2.75) is 19.8 Å². The molecule has 0 saturated heterocycles. The van der Waals surface area contributed by atoms with Crippen molar-refractivity contribution < 1.29 is 14.3 Å². The summed E-state index contributed by atoms with van der Waals surface area (Å²) in [5.74, 6) is 2.28. The summed E-state index contributed by atoms with van der Waals surface area (Å²) in [5.41, 5.74) is 0.826. The molecule has 2 rings (SSSR count). The third-order valence-electron chi connectivity index (χ3n) is 2.61. The van der Waals surface area contributed by atoms with Gasteiger partial charge in [0.2, 0.25) is 0 Å². The number of ether oxygens (including phenoxy) is 1.